The Labute approximate surface area is 167 Å². The first-order valence-corrected chi connectivity index (χ1v) is 10.9. The summed E-state index contributed by atoms with van der Waals surface area (Å²) in [5.41, 5.74) is 3.56. The van der Waals surface area contributed by atoms with Crippen molar-refractivity contribution >= 4 is 23.3 Å². The highest BCUT2D eigenvalue weighted by molar-refractivity contribution is 7.87. The summed E-state index contributed by atoms with van der Waals surface area (Å²) in [6.45, 7) is 7.04. The van der Waals surface area contributed by atoms with Gasteiger partial charge in [0.05, 0.1) is 17.8 Å². The van der Waals surface area contributed by atoms with Crippen LogP contribution in [0.4, 0.5) is 0 Å². The van der Waals surface area contributed by atoms with E-state index >= 15 is 0 Å². The summed E-state index contributed by atoms with van der Waals surface area (Å²) in [7, 11) is -4.29. The van der Waals surface area contributed by atoms with Gasteiger partial charge in [0.1, 0.15) is 5.54 Å². The zero-order chi connectivity index (χ0) is 21.4. The highest BCUT2D eigenvalue weighted by Gasteiger charge is 2.53. The van der Waals surface area contributed by atoms with Crippen molar-refractivity contribution in [2.75, 3.05) is 26.2 Å². The predicted octanol–water partition coefficient (Wildman–Crippen LogP) is -0.601. The third-order valence-electron chi connectivity index (χ3n) is 6.02. The molecule has 0 aliphatic carbocycles. The second kappa shape index (κ2) is 8.17. The van der Waals surface area contributed by atoms with Gasteiger partial charge in [-0.05, 0) is 40.4 Å². The van der Waals surface area contributed by atoms with Gasteiger partial charge in [-0.15, -0.1) is 0 Å². The predicted molar refractivity (Wildman–Crippen MR) is 104 cm³/mol. The third-order valence-corrected chi connectivity index (χ3v) is 7.55. The van der Waals surface area contributed by atoms with Crippen molar-refractivity contribution in [1.82, 2.24) is 9.03 Å². The van der Waals surface area contributed by atoms with E-state index in [0.29, 0.717) is 19.2 Å². The summed E-state index contributed by atoms with van der Waals surface area (Å²) in [6, 6.07) is 0. The monoisotopic (exact) mass is 421 g/mol. The zero-order valence-corrected chi connectivity index (χ0v) is 17.8. The fourth-order valence-corrected chi connectivity index (χ4v) is 4.84. The molecule has 0 spiro atoms. The molecule has 2 fully saturated rings. The van der Waals surface area contributed by atoms with E-state index in [1.807, 2.05) is 27.7 Å². The molecule has 0 aromatic rings. The molecule has 2 aliphatic rings. The molecule has 2 aliphatic heterocycles. The minimum atomic E-state index is -3.90. The molecule has 5 N–H and O–H groups in total. The lowest BCUT2D eigenvalue weighted by atomic mass is 9.78. The van der Waals surface area contributed by atoms with Gasteiger partial charge in [0.2, 0.25) is 0 Å². The highest BCUT2D eigenvalue weighted by Crippen LogP contribution is 2.39. The van der Waals surface area contributed by atoms with Crippen molar-refractivity contribution in [2.24, 2.45) is 11.7 Å². The van der Waals surface area contributed by atoms with E-state index in [2.05, 4.69) is 4.72 Å². The van der Waals surface area contributed by atoms with Gasteiger partial charge >= 0.3 is 13.1 Å². The lowest BCUT2D eigenvalue weighted by Gasteiger charge is -2.32. The number of nitrogens with one attached hydrogen (secondary N) is 1. The van der Waals surface area contributed by atoms with E-state index < -0.39 is 46.0 Å². The molecule has 2 rings (SSSR count). The number of carboxylic acids is 1. The van der Waals surface area contributed by atoms with Gasteiger partial charge < -0.3 is 25.3 Å². The molecule has 0 radical (unpaired) electrons. The Morgan fingerprint density at radius 1 is 1.29 bits per heavy atom. The SMILES string of the molecule is CC1(C)OB(CCC[C@@H]2CN(S(=O)(=O)NCCO)C[C@]2(N)C(=O)O)OC1(C)C. The van der Waals surface area contributed by atoms with Crippen LogP contribution >= 0.6 is 0 Å². The van der Waals surface area contributed by atoms with E-state index in [9.17, 15) is 18.3 Å². The molecular formula is C16H32BN3O7S. The number of carbonyl (C=O) groups is 1. The van der Waals surface area contributed by atoms with Crippen molar-refractivity contribution in [1.29, 1.82) is 0 Å². The fourth-order valence-electron chi connectivity index (χ4n) is 3.55. The Balaban J connectivity index is 1.98. The Morgan fingerprint density at radius 3 is 2.36 bits per heavy atom. The van der Waals surface area contributed by atoms with E-state index in [-0.39, 0.29) is 26.2 Å². The molecule has 28 heavy (non-hydrogen) atoms. The van der Waals surface area contributed by atoms with Crippen LogP contribution in [0, 0.1) is 5.92 Å². The Kier molecular flexibility index (Phi) is 6.86. The second-order valence-corrected chi connectivity index (χ2v) is 10.3. The summed E-state index contributed by atoms with van der Waals surface area (Å²) in [6.07, 6.45) is 1.58. The molecule has 0 bridgehead atoms. The normalized spacial score (nSPS) is 30.1. The number of aliphatic hydroxyl groups is 1. The number of nitrogens with zero attached hydrogens (tertiary/aromatic N) is 1. The lowest BCUT2D eigenvalue weighted by molar-refractivity contribution is -0.144. The highest BCUT2D eigenvalue weighted by atomic mass is 32.2. The van der Waals surface area contributed by atoms with Crippen LogP contribution < -0.4 is 10.5 Å². The lowest BCUT2D eigenvalue weighted by Crippen LogP contribution is -2.55. The van der Waals surface area contributed by atoms with Gasteiger partial charge in [-0.1, -0.05) is 6.42 Å². The van der Waals surface area contributed by atoms with E-state index in [1.165, 1.54) is 0 Å². The summed E-state index contributed by atoms with van der Waals surface area (Å²) in [5, 5.41) is 18.4. The van der Waals surface area contributed by atoms with E-state index in [4.69, 9.17) is 20.1 Å². The van der Waals surface area contributed by atoms with Crippen molar-refractivity contribution in [3.05, 3.63) is 0 Å². The Hall–Kier alpha value is -0.755. The Bertz CT molecular complexity index is 672. The summed E-state index contributed by atoms with van der Waals surface area (Å²) in [4.78, 5) is 11.8. The summed E-state index contributed by atoms with van der Waals surface area (Å²) in [5.74, 6) is -1.77. The van der Waals surface area contributed by atoms with Crippen molar-refractivity contribution in [3.63, 3.8) is 0 Å². The zero-order valence-electron chi connectivity index (χ0n) is 17.0. The van der Waals surface area contributed by atoms with Crippen molar-refractivity contribution in [2.45, 2.75) is 63.6 Å². The van der Waals surface area contributed by atoms with Gasteiger partial charge in [-0.25, -0.2) is 0 Å². The number of aliphatic carboxylic acids is 1. The van der Waals surface area contributed by atoms with Crippen LogP contribution in [-0.2, 0) is 24.3 Å². The maximum Gasteiger partial charge on any atom is 0.457 e. The number of hydrogen-bond acceptors (Lipinski definition) is 7. The minimum absolute atomic E-state index is 0.00687. The third kappa shape index (κ3) is 4.69. The molecule has 10 nitrogen and oxygen atoms in total. The summed E-state index contributed by atoms with van der Waals surface area (Å²) >= 11 is 0. The molecular weight excluding hydrogens is 389 g/mol. The molecule has 2 heterocycles. The average molecular weight is 421 g/mol. The van der Waals surface area contributed by atoms with Crippen molar-refractivity contribution < 1.29 is 32.7 Å². The molecule has 2 saturated heterocycles. The van der Waals surface area contributed by atoms with E-state index in [1.54, 1.807) is 0 Å². The maximum atomic E-state index is 12.3. The topological polar surface area (TPSA) is 151 Å². The molecule has 162 valence electrons. The number of hydrogen-bond donors (Lipinski definition) is 4. The van der Waals surface area contributed by atoms with Crippen LogP contribution in [0.15, 0.2) is 0 Å². The largest absolute Gasteiger partial charge is 0.480 e. The van der Waals surface area contributed by atoms with Crippen LogP contribution in [0.2, 0.25) is 6.32 Å². The maximum absolute atomic E-state index is 12.3. The number of carboxylic acid groups (broad SMARTS) is 1. The van der Waals surface area contributed by atoms with Gasteiger partial charge in [0.15, 0.2) is 0 Å². The minimum Gasteiger partial charge on any atom is -0.480 e. The van der Waals surface area contributed by atoms with Crippen LogP contribution in [0.1, 0.15) is 40.5 Å². The van der Waals surface area contributed by atoms with Crippen LogP contribution in [0.5, 0.6) is 0 Å². The first-order valence-electron chi connectivity index (χ1n) is 9.49. The average Bonchev–Trinajstić information content (AvgIpc) is 3.01. The quantitative estimate of drug-likeness (QED) is 0.360. The summed E-state index contributed by atoms with van der Waals surface area (Å²) < 4.78 is 39.7. The first-order chi connectivity index (χ1) is 12.7. The Morgan fingerprint density at radius 2 is 1.86 bits per heavy atom. The van der Waals surface area contributed by atoms with Gasteiger partial charge in [0.25, 0.3) is 10.2 Å². The molecule has 0 unspecified atom stereocenters. The molecule has 0 saturated carbocycles. The van der Waals surface area contributed by atoms with E-state index in [0.717, 1.165) is 4.31 Å². The first kappa shape index (κ1) is 23.5. The molecule has 12 heteroatoms. The van der Waals surface area contributed by atoms with Crippen LogP contribution in [0.3, 0.4) is 0 Å². The van der Waals surface area contributed by atoms with Crippen LogP contribution in [-0.4, -0.2) is 79.0 Å². The number of aliphatic hydroxyl groups excluding tert-OH is 1. The smallest absolute Gasteiger partial charge is 0.457 e. The molecule has 0 amide bonds. The van der Waals surface area contributed by atoms with Gasteiger partial charge in [-0.3, -0.25) is 4.79 Å². The molecule has 0 aromatic heterocycles. The van der Waals surface area contributed by atoms with Crippen molar-refractivity contribution in [3.8, 4) is 0 Å². The fraction of sp³-hybridized carbons (Fsp3) is 0.938. The molecule has 2 atom stereocenters. The molecule has 0 aromatic carbocycles. The second-order valence-electron chi connectivity index (χ2n) is 8.57. The standard InChI is InChI=1S/C16H32BN3O7S/c1-14(2)15(3,4)27-17(26-14)7-5-6-12-10-20(11-16(12,18)13(22)23)28(24,25)19-8-9-21/h12,19,21H,5-11,18H2,1-4H3,(H,22,23)/t12-,16-/m1/s1. The van der Waals surface area contributed by atoms with Crippen LogP contribution in [0.25, 0.3) is 0 Å². The number of nitrogens with two attached hydrogens (primary N) is 1. The number of rotatable bonds is 9. The van der Waals surface area contributed by atoms with Gasteiger partial charge in [-0.2, -0.15) is 17.4 Å². The van der Waals surface area contributed by atoms with Gasteiger partial charge in [0, 0.05) is 25.6 Å².